The summed E-state index contributed by atoms with van der Waals surface area (Å²) < 4.78 is 19.8. The van der Waals surface area contributed by atoms with Crippen LogP contribution in [0.15, 0.2) is 18.3 Å². The molecule has 16 heavy (non-hydrogen) atoms. The smallest absolute Gasteiger partial charge is 0.338 e. The van der Waals surface area contributed by atoms with Crippen molar-refractivity contribution in [3.05, 3.63) is 29.7 Å². The molecule has 0 saturated heterocycles. The fourth-order valence-electron chi connectivity index (χ4n) is 1.62. The van der Waals surface area contributed by atoms with Crippen molar-refractivity contribution in [2.45, 2.75) is 13.5 Å². The molecule has 2 rings (SSSR count). The van der Waals surface area contributed by atoms with Gasteiger partial charge in [-0.15, -0.1) is 0 Å². The number of esters is 1. The van der Waals surface area contributed by atoms with E-state index >= 15 is 0 Å². The van der Waals surface area contributed by atoms with Crippen LogP contribution in [0.25, 0.3) is 10.9 Å². The molecule has 2 aromatic rings. The van der Waals surface area contributed by atoms with Gasteiger partial charge in [0.1, 0.15) is 5.82 Å². The van der Waals surface area contributed by atoms with Crippen LogP contribution in [0.4, 0.5) is 4.39 Å². The van der Waals surface area contributed by atoms with Gasteiger partial charge in [0.2, 0.25) is 0 Å². The highest BCUT2D eigenvalue weighted by Crippen LogP contribution is 2.20. The van der Waals surface area contributed by atoms with Crippen molar-refractivity contribution in [2.24, 2.45) is 0 Å². The van der Waals surface area contributed by atoms with Crippen molar-refractivity contribution < 1.29 is 13.9 Å². The molecule has 0 unspecified atom stereocenters. The highest BCUT2D eigenvalue weighted by molar-refractivity contribution is 5.94. The van der Waals surface area contributed by atoms with E-state index in [1.165, 1.54) is 13.3 Å². The highest BCUT2D eigenvalue weighted by Gasteiger charge is 2.13. The predicted octanol–water partition coefficient (Wildman–Crippen LogP) is 1.98. The summed E-state index contributed by atoms with van der Waals surface area (Å²) in [6.07, 6.45) is 1.45. The number of halogens is 1. The molecule has 0 aliphatic heterocycles. The first kappa shape index (κ1) is 10.6. The number of fused-ring (bicyclic) bond motifs is 1. The van der Waals surface area contributed by atoms with Crippen molar-refractivity contribution in [3.8, 4) is 0 Å². The molecule has 0 radical (unpaired) electrons. The van der Waals surface area contributed by atoms with Crippen LogP contribution in [0.2, 0.25) is 0 Å². The molecule has 0 aliphatic carbocycles. The van der Waals surface area contributed by atoms with Crippen molar-refractivity contribution in [2.75, 3.05) is 7.11 Å². The number of aryl methyl sites for hydroxylation is 1. The number of ether oxygens (including phenoxy) is 1. The van der Waals surface area contributed by atoms with E-state index < -0.39 is 11.8 Å². The van der Waals surface area contributed by atoms with Gasteiger partial charge >= 0.3 is 5.97 Å². The number of carbonyl (C=O) groups is 1. The fourth-order valence-corrected chi connectivity index (χ4v) is 1.62. The Labute approximate surface area is 91.6 Å². The van der Waals surface area contributed by atoms with Crippen LogP contribution in [-0.4, -0.2) is 22.9 Å². The molecule has 0 spiro atoms. The van der Waals surface area contributed by atoms with E-state index in [9.17, 15) is 9.18 Å². The normalized spacial score (nSPS) is 10.7. The van der Waals surface area contributed by atoms with E-state index in [4.69, 9.17) is 0 Å². The minimum atomic E-state index is -0.551. The Balaban J connectivity index is 2.68. The summed E-state index contributed by atoms with van der Waals surface area (Å²) in [4.78, 5) is 11.3. The number of benzene rings is 1. The molecule has 1 aromatic carbocycles. The standard InChI is InChI=1S/C11H11FN2O2/c1-3-14-10-5-7(11(15)16-2)4-9(12)8(10)6-13-14/h4-6H,3H2,1-2H3. The number of hydrogen-bond donors (Lipinski definition) is 0. The van der Waals surface area contributed by atoms with Crippen LogP contribution in [0.5, 0.6) is 0 Å². The maximum absolute atomic E-state index is 13.6. The van der Waals surface area contributed by atoms with Crippen LogP contribution in [0.1, 0.15) is 17.3 Å². The van der Waals surface area contributed by atoms with Crippen molar-refractivity contribution in [1.29, 1.82) is 0 Å². The van der Waals surface area contributed by atoms with Crippen molar-refractivity contribution in [1.82, 2.24) is 9.78 Å². The van der Waals surface area contributed by atoms with E-state index in [-0.39, 0.29) is 5.56 Å². The lowest BCUT2D eigenvalue weighted by molar-refractivity contribution is 0.0600. The molecular formula is C11H11FN2O2. The van der Waals surface area contributed by atoms with Gasteiger partial charge in [-0.1, -0.05) is 0 Å². The quantitative estimate of drug-likeness (QED) is 0.730. The van der Waals surface area contributed by atoms with Gasteiger partial charge in [0.25, 0.3) is 0 Å². The summed E-state index contributed by atoms with van der Waals surface area (Å²) in [6.45, 7) is 2.52. The third kappa shape index (κ3) is 1.54. The minimum absolute atomic E-state index is 0.197. The van der Waals surface area contributed by atoms with Gasteiger partial charge in [0.15, 0.2) is 0 Å². The summed E-state index contributed by atoms with van der Waals surface area (Å²) in [7, 11) is 1.27. The third-order valence-corrected chi connectivity index (χ3v) is 2.43. The molecule has 84 valence electrons. The van der Waals surface area contributed by atoms with E-state index in [1.54, 1.807) is 10.7 Å². The highest BCUT2D eigenvalue weighted by atomic mass is 19.1. The number of hydrogen-bond acceptors (Lipinski definition) is 3. The molecule has 0 N–H and O–H groups in total. The average molecular weight is 222 g/mol. The first-order chi connectivity index (χ1) is 7.67. The van der Waals surface area contributed by atoms with Crippen LogP contribution >= 0.6 is 0 Å². The molecule has 4 nitrogen and oxygen atoms in total. The summed E-state index contributed by atoms with van der Waals surface area (Å²) in [5.74, 6) is -1.01. The lowest BCUT2D eigenvalue weighted by Crippen LogP contribution is -2.03. The third-order valence-electron chi connectivity index (χ3n) is 2.43. The van der Waals surface area contributed by atoms with Crippen LogP contribution < -0.4 is 0 Å². The molecule has 0 atom stereocenters. The second-order valence-corrected chi connectivity index (χ2v) is 3.34. The first-order valence-electron chi connectivity index (χ1n) is 4.90. The van der Waals surface area contributed by atoms with Crippen molar-refractivity contribution >= 4 is 16.9 Å². The molecule has 0 saturated carbocycles. The van der Waals surface area contributed by atoms with Crippen LogP contribution in [0.3, 0.4) is 0 Å². The number of rotatable bonds is 2. The van der Waals surface area contributed by atoms with Gasteiger partial charge in [-0.3, -0.25) is 4.68 Å². The Kier molecular flexibility index (Phi) is 2.60. The largest absolute Gasteiger partial charge is 0.465 e. The van der Waals surface area contributed by atoms with Crippen LogP contribution in [-0.2, 0) is 11.3 Å². The van der Waals surface area contributed by atoms with Gasteiger partial charge in [-0.05, 0) is 19.1 Å². The van der Waals surface area contributed by atoms with E-state index in [2.05, 4.69) is 9.84 Å². The second-order valence-electron chi connectivity index (χ2n) is 3.34. The number of carbonyl (C=O) groups excluding carboxylic acids is 1. The molecule has 5 heteroatoms. The molecule has 1 aromatic heterocycles. The number of methoxy groups -OCH3 is 1. The zero-order chi connectivity index (χ0) is 11.7. The van der Waals surface area contributed by atoms with Gasteiger partial charge in [0, 0.05) is 6.54 Å². The van der Waals surface area contributed by atoms with Gasteiger partial charge < -0.3 is 4.74 Å². The van der Waals surface area contributed by atoms with E-state index in [0.717, 1.165) is 6.07 Å². The molecule has 0 amide bonds. The van der Waals surface area contributed by atoms with Gasteiger partial charge in [-0.2, -0.15) is 5.10 Å². The summed E-state index contributed by atoms with van der Waals surface area (Å²) in [6, 6.07) is 2.75. The first-order valence-corrected chi connectivity index (χ1v) is 4.90. The van der Waals surface area contributed by atoms with Crippen LogP contribution in [0, 0.1) is 5.82 Å². The molecule has 0 bridgehead atoms. The van der Waals surface area contributed by atoms with Crippen molar-refractivity contribution in [3.63, 3.8) is 0 Å². The molecule has 0 aliphatic rings. The Morgan fingerprint density at radius 2 is 2.31 bits per heavy atom. The summed E-state index contributed by atoms with van der Waals surface area (Å²) in [5.41, 5.74) is 0.797. The summed E-state index contributed by atoms with van der Waals surface area (Å²) >= 11 is 0. The van der Waals surface area contributed by atoms with Gasteiger partial charge in [-0.25, -0.2) is 9.18 Å². The molecule has 1 heterocycles. The topological polar surface area (TPSA) is 44.1 Å². The lowest BCUT2D eigenvalue weighted by Gasteiger charge is -2.02. The predicted molar refractivity (Wildman–Crippen MR) is 56.7 cm³/mol. The Morgan fingerprint density at radius 1 is 1.56 bits per heavy atom. The number of aromatic nitrogens is 2. The zero-order valence-corrected chi connectivity index (χ0v) is 9.03. The fraction of sp³-hybridized carbons (Fsp3) is 0.273. The number of nitrogens with zero attached hydrogens (tertiary/aromatic N) is 2. The lowest BCUT2D eigenvalue weighted by atomic mass is 10.1. The van der Waals surface area contributed by atoms with Gasteiger partial charge in [0.05, 0.1) is 29.8 Å². The molecule has 0 fully saturated rings. The Morgan fingerprint density at radius 3 is 2.94 bits per heavy atom. The van der Waals surface area contributed by atoms with E-state index in [1.807, 2.05) is 6.92 Å². The SMILES string of the molecule is CCn1ncc2c(F)cc(C(=O)OC)cc21. The maximum atomic E-state index is 13.6. The summed E-state index contributed by atoms with van der Waals surface area (Å²) in [5, 5.41) is 4.44. The Hall–Kier alpha value is -1.91. The maximum Gasteiger partial charge on any atom is 0.338 e. The second kappa shape index (κ2) is 3.92. The molecular weight excluding hydrogens is 211 g/mol. The zero-order valence-electron chi connectivity index (χ0n) is 9.03. The minimum Gasteiger partial charge on any atom is -0.465 e. The van der Waals surface area contributed by atoms with E-state index in [0.29, 0.717) is 17.4 Å². The Bertz CT molecular complexity index is 548. The average Bonchev–Trinajstić information content (AvgIpc) is 2.71. The monoisotopic (exact) mass is 222 g/mol.